The maximum Gasteiger partial charge on any atom is 0.303 e. The lowest BCUT2D eigenvalue weighted by molar-refractivity contribution is -0.138. The quantitative estimate of drug-likeness (QED) is 0.864. The zero-order chi connectivity index (χ0) is 13.0. The number of carboxylic acids is 1. The van der Waals surface area contributed by atoms with Gasteiger partial charge in [0.25, 0.3) is 0 Å². The third-order valence-corrected chi connectivity index (χ3v) is 3.54. The van der Waals surface area contributed by atoms with Crippen LogP contribution in [0.3, 0.4) is 0 Å². The lowest BCUT2D eigenvalue weighted by Gasteiger charge is -2.21. The van der Waals surface area contributed by atoms with Crippen LogP contribution in [0.4, 0.5) is 0 Å². The normalized spacial score (nSPS) is 18.7. The first-order valence-corrected chi connectivity index (χ1v) is 6.64. The first-order valence-electron chi connectivity index (χ1n) is 6.64. The summed E-state index contributed by atoms with van der Waals surface area (Å²) in [6, 6.07) is 0. The Morgan fingerprint density at radius 1 is 1.44 bits per heavy atom. The van der Waals surface area contributed by atoms with Crippen molar-refractivity contribution in [2.45, 2.75) is 57.9 Å². The van der Waals surface area contributed by atoms with Gasteiger partial charge in [0.2, 0.25) is 0 Å². The second kappa shape index (κ2) is 5.93. The van der Waals surface area contributed by atoms with E-state index in [9.17, 15) is 4.79 Å². The third kappa shape index (κ3) is 3.27. The van der Waals surface area contributed by atoms with Crippen molar-refractivity contribution < 1.29 is 9.90 Å². The maximum absolute atomic E-state index is 10.7. The first kappa shape index (κ1) is 13.0. The van der Waals surface area contributed by atoms with E-state index in [1.807, 2.05) is 6.92 Å². The molecule has 1 aliphatic rings. The standard InChI is InChI=1S/C12H20N4O2/c1-9(7-11(17)18)8-16-12(13-14-15-16)10-5-3-2-4-6-10/h9-10H,2-8H2,1H3,(H,17,18). The molecule has 100 valence electrons. The van der Waals surface area contributed by atoms with Crippen LogP contribution in [0.2, 0.25) is 0 Å². The Kier molecular flexibility index (Phi) is 4.28. The lowest BCUT2D eigenvalue weighted by atomic mass is 9.88. The maximum atomic E-state index is 10.7. The number of hydrogen-bond donors (Lipinski definition) is 1. The van der Waals surface area contributed by atoms with Crippen molar-refractivity contribution in [2.24, 2.45) is 5.92 Å². The molecular formula is C12H20N4O2. The van der Waals surface area contributed by atoms with E-state index in [1.54, 1.807) is 4.68 Å². The van der Waals surface area contributed by atoms with E-state index >= 15 is 0 Å². The van der Waals surface area contributed by atoms with Gasteiger partial charge in [-0.3, -0.25) is 4.79 Å². The van der Waals surface area contributed by atoms with E-state index in [-0.39, 0.29) is 12.3 Å². The molecule has 6 heteroatoms. The predicted molar refractivity (Wildman–Crippen MR) is 65.1 cm³/mol. The van der Waals surface area contributed by atoms with Crippen molar-refractivity contribution in [3.05, 3.63) is 5.82 Å². The molecule has 0 amide bonds. The van der Waals surface area contributed by atoms with Crippen LogP contribution in [0, 0.1) is 5.92 Å². The van der Waals surface area contributed by atoms with Gasteiger partial charge in [0.05, 0.1) is 0 Å². The molecule has 0 aromatic carbocycles. The molecule has 1 heterocycles. The summed E-state index contributed by atoms with van der Waals surface area (Å²) in [5.74, 6) is 0.667. The van der Waals surface area contributed by atoms with E-state index in [2.05, 4.69) is 15.5 Å². The summed E-state index contributed by atoms with van der Waals surface area (Å²) in [5.41, 5.74) is 0. The summed E-state index contributed by atoms with van der Waals surface area (Å²) in [4.78, 5) is 10.7. The van der Waals surface area contributed by atoms with E-state index in [4.69, 9.17) is 5.11 Å². The van der Waals surface area contributed by atoms with Crippen LogP contribution in [0.25, 0.3) is 0 Å². The summed E-state index contributed by atoms with van der Waals surface area (Å²) in [7, 11) is 0. The minimum absolute atomic E-state index is 0.0494. The summed E-state index contributed by atoms with van der Waals surface area (Å²) in [6.45, 7) is 2.51. The molecule has 18 heavy (non-hydrogen) atoms. The highest BCUT2D eigenvalue weighted by molar-refractivity contribution is 5.66. The minimum Gasteiger partial charge on any atom is -0.481 e. The first-order chi connectivity index (χ1) is 8.66. The Balaban J connectivity index is 2.00. The van der Waals surface area contributed by atoms with E-state index < -0.39 is 5.97 Å². The van der Waals surface area contributed by atoms with Crippen LogP contribution in [-0.4, -0.2) is 31.3 Å². The Morgan fingerprint density at radius 2 is 2.17 bits per heavy atom. The Hall–Kier alpha value is -1.46. The molecule has 1 fully saturated rings. The van der Waals surface area contributed by atoms with Gasteiger partial charge < -0.3 is 5.11 Å². The Morgan fingerprint density at radius 3 is 2.83 bits per heavy atom. The molecule has 1 aromatic heterocycles. The molecule has 1 atom stereocenters. The van der Waals surface area contributed by atoms with Gasteiger partial charge >= 0.3 is 5.97 Å². The average molecular weight is 252 g/mol. The molecule has 1 saturated carbocycles. The van der Waals surface area contributed by atoms with Gasteiger partial charge in [-0.05, 0) is 29.2 Å². The number of nitrogens with zero attached hydrogens (tertiary/aromatic N) is 4. The van der Waals surface area contributed by atoms with Gasteiger partial charge in [-0.15, -0.1) is 5.10 Å². The highest BCUT2D eigenvalue weighted by Gasteiger charge is 2.22. The number of hydrogen-bond acceptors (Lipinski definition) is 4. The summed E-state index contributed by atoms with van der Waals surface area (Å²) >= 11 is 0. The number of carbonyl (C=O) groups is 1. The van der Waals surface area contributed by atoms with Gasteiger partial charge in [0.1, 0.15) is 0 Å². The van der Waals surface area contributed by atoms with E-state index in [1.165, 1.54) is 19.3 Å². The lowest BCUT2D eigenvalue weighted by Crippen LogP contribution is -2.18. The van der Waals surface area contributed by atoms with Gasteiger partial charge in [0, 0.05) is 18.9 Å². The second-order valence-corrected chi connectivity index (χ2v) is 5.26. The number of tetrazole rings is 1. The molecule has 0 saturated heterocycles. The van der Waals surface area contributed by atoms with Crippen LogP contribution in [0.5, 0.6) is 0 Å². The predicted octanol–water partition coefficient (Wildman–Crippen LogP) is 1.83. The second-order valence-electron chi connectivity index (χ2n) is 5.26. The highest BCUT2D eigenvalue weighted by atomic mass is 16.4. The van der Waals surface area contributed by atoms with E-state index in [0.717, 1.165) is 18.7 Å². The summed E-state index contributed by atoms with van der Waals surface area (Å²) < 4.78 is 1.80. The fourth-order valence-corrected chi connectivity index (χ4v) is 2.65. The summed E-state index contributed by atoms with van der Waals surface area (Å²) in [5, 5.41) is 20.6. The van der Waals surface area contributed by atoms with Gasteiger partial charge in [0.15, 0.2) is 5.82 Å². The summed E-state index contributed by atoms with van der Waals surface area (Å²) in [6.07, 6.45) is 6.23. The Bertz CT molecular complexity index is 399. The SMILES string of the molecule is CC(CC(=O)O)Cn1nnnc1C1CCCCC1. The molecular weight excluding hydrogens is 232 g/mol. The number of carboxylic acid groups (broad SMARTS) is 1. The molecule has 0 bridgehead atoms. The van der Waals surface area contributed by atoms with Crippen LogP contribution < -0.4 is 0 Å². The van der Waals surface area contributed by atoms with Crippen molar-refractivity contribution in [1.29, 1.82) is 0 Å². The highest BCUT2D eigenvalue weighted by Crippen LogP contribution is 2.31. The van der Waals surface area contributed by atoms with Crippen LogP contribution in [0.15, 0.2) is 0 Å². The van der Waals surface area contributed by atoms with Crippen LogP contribution in [-0.2, 0) is 11.3 Å². The average Bonchev–Trinajstić information content (AvgIpc) is 2.77. The number of rotatable bonds is 5. The number of aliphatic carboxylic acids is 1. The monoisotopic (exact) mass is 252 g/mol. The number of aromatic nitrogens is 4. The fourth-order valence-electron chi connectivity index (χ4n) is 2.65. The molecule has 0 spiro atoms. The smallest absolute Gasteiger partial charge is 0.303 e. The van der Waals surface area contributed by atoms with Gasteiger partial charge in [-0.1, -0.05) is 26.2 Å². The van der Waals surface area contributed by atoms with Crippen molar-refractivity contribution in [3.8, 4) is 0 Å². The van der Waals surface area contributed by atoms with E-state index in [0.29, 0.717) is 12.5 Å². The zero-order valence-corrected chi connectivity index (χ0v) is 10.7. The molecule has 2 rings (SSSR count). The molecule has 1 aromatic rings. The van der Waals surface area contributed by atoms with Crippen molar-refractivity contribution >= 4 is 5.97 Å². The molecule has 6 nitrogen and oxygen atoms in total. The molecule has 1 aliphatic carbocycles. The van der Waals surface area contributed by atoms with Gasteiger partial charge in [-0.25, -0.2) is 4.68 Å². The van der Waals surface area contributed by atoms with Crippen molar-refractivity contribution in [2.75, 3.05) is 0 Å². The van der Waals surface area contributed by atoms with Crippen LogP contribution >= 0.6 is 0 Å². The topological polar surface area (TPSA) is 80.9 Å². The molecule has 1 unspecified atom stereocenters. The fraction of sp³-hybridized carbons (Fsp3) is 0.833. The third-order valence-electron chi connectivity index (χ3n) is 3.54. The molecule has 1 N–H and O–H groups in total. The van der Waals surface area contributed by atoms with Crippen LogP contribution in [0.1, 0.15) is 57.2 Å². The minimum atomic E-state index is -0.769. The molecule has 0 aliphatic heterocycles. The Labute approximate surface area is 106 Å². The molecule has 0 radical (unpaired) electrons. The van der Waals surface area contributed by atoms with Crippen molar-refractivity contribution in [1.82, 2.24) is 20.2 Å². The van der Waals surface area contributed by atoms with Gasteiger partial charge in [-0.2, -0.15) is 0 Å². The van der Waals surface area contributed by atoms with Crippen molar-refractivity contribution in [3.63, 3.8) is 0 Å². The zero-order valence-electron chi connectivity index (χ0n) is 10.7. The largest absolute Gasteiger partial charge is 0.481 e.